The maximum Gasteiger partial charge on any atom is 0.262 e. The van der Waals surface area contributed by atoms with Crippen molar-refractivity contribution in [1.29, 1.82) is 0 Å². The topological polar surface area (TPSA) is 107 Å². The molecule has 0 radical (unpaired) electrons. The molecule has 0 bridgehead atoms. The molecule has 1 saturated heterocycles. The van der Waals surface area contributed by atoms with Gasteiger partial charge in [0, 0.05) is 37.1 Å². The Morgan fingerprint density at radius 3 is 2.69 bits per heavy atom. The first-order valence-electron chi connectivity index (χ1n) is 9.25. The summed E-state index contributed by atoms with van der Waals surface area (Å²) in [6.45, 7) is 0.324. The molecule has 8 nitrogen and oxygen atoms in total. The van der Waals surface area contributed by atoms with Gasteiger partial charge in [0.2, 0.25) is 5.95 Å². The quantitative estimate of drug-likeness (QED) is 0.700. The Morgan fingerprint density at radius 1 is 1.17 bits per heavy atom. The number of rotatable bonds is 4. The fraction of sp³-hybridized carbons (Fsp3) is 0.316. The fourth-order valence-electron chi connectivity index (χ4n) is 3.66. The predicted octanol–water partition coefficient (Wildman–Crippen LogP) is 2.51. The van der Waals surface area contributed by atoms with Gasteiger partial charge in [-0.25, -0.2) is 27.8 Å². The summed E-state index contributed by atoms with van der Waals surface area (Å²) in [6, 6.07) is 5.68. The van der Waals surface area contributed by atoms with Gasteiger partial charge in [-0.2, -0.15) is 4.31 Å². The van der Waals surface area contributed by atoms with E-state index >= 15 is 0 Å². The summed E-state index contributed by atoms with van der Waals surface area (Å²) in [6.07, 6.45) is 6.45. The van der Waals surface area contributed by atoms with Crippen LogP contribution >= 0.6 is 0 Å². The molecule has 1 aromatic carbocycles. The van der Waals surface area contributed by atoms with Crippen molar-refractivity contribution in [1.82, 2.24) is 23.8 Å². The van der Waals surface area contributed by atoms with E-state index in [1.807, 2.05) is 0 Å². The minimum absolute atomic E-state index is 0.0147. The first kappa shape index (κ1) is 19.5. The minimum Gasteiger partial charge on any atom is -0.368 e. The van der Waals surface area contributed by atoms with Crippen LogP contribution in [-0.4, -0.2) is 38.8 Å². The third kappa shape index (κ3) is 3.60. The van der Waals surface area contributed by atoms with Gasteiger partial charge in [-0.1, -0.05) is 24.6 Å². The third-order valence-corrected chi connectivity index (χ3v) is 6.82. The Hall–Kier alpha value is -2.85. The van der Waals surface area contributed by atoms with Gasteiger partial charge in [-0.15, -0.1) is 0 Å². The van der Waals surface area contributed by atoms with Crippen LogP contribution in [0.25, 0.3) is 11.1 Å². The second-order valence-electron chi connectivity index (χ2n) is 7.01. The average Bonchev–Trinajstić information content (AvgIpc) is 3.16. The predicted molar refractivity (Wildman–Crippen MR) is 106 cm³/mol. The fourth-order valence-corrected chi connectivity index (χ4v) is 5.29. The molecule has 29 heavy (non-hydrogen) atoms. The van der Waals surface area contributed by atoms with Gasteiger partial charge in [0.15, 0.2) is 5.03 Å². The zero-order chi connectivity index (χ0) is 20.6. The van der Waals surface area contributed by atoms with E-state index < -0.39 is 21.9 Å². The smallest absolute Gasteiger partial charge is 0.262 e. The number of nitrogens with two attached hydrogens (primary N) is 1. The number of aromatic nitrogens is 4. The second kappa shape index (κ2) is 7.53. The lowest BCUT2D eigenvalue weighted by Crippen LogP contribution is -2.39. The van der Waals surface area contributed by atoms with Crippen LogP contribution in [0.5, 0.6) is 0 Å². The van der Waals surface area contributed by atoms with Crippen LogP contribution in [0.1, 0.15) is 31.0 Å². The van der Waals surface area contributed by atoms with E-state index in [-0.39, 0.29) is 11.0 Å². The van der Waals surface area contributed by atoms with Crippen molar-refractivity contribution in [2.45, 2.75) is 30.3 Å². The van der Waals surface area contributed by atoms with Gasteiger partial charge in [0.1, 0.15) is 5.82 Å². The highest BCUT2D eigenvalue weighted by atomic mass is 32.2. The van der Waals surface area contributed by atoms with E-state index in [0.29, 0.717) is 29.8 Å². The Labute approximate surface area is 168 Å². The van der Waals surface area contributed by atoms with E-state index in [4.69, 9.17) is 5.73 Å². The summed E-state index contributed by atoms with van der Waals surface area (Å²) in [4.78, 5) is 12.4. The number of sulfonamides is 1. The molecule has 3 aromatic rings. The molecule has 0 aliphatic carbocycles. The molecular formula is C19H21FN6O2S. The molecule has 0 amide bonds. The molecule has 2 N–H and O–H groups in total. The lowest BCUT2D eigenvalue weighted by molar-refractivity contribution is 0.251. The normalized spacial score (nSPS) is 18.1. The van der Waals surface area contributed by atoms with Gasteiger partial charge in [0.25, 0.3) is 10.0 Å². The summed E-state index contributed by atoms with van der Waals surface area (Å²) < 4.78 is 44.0. The summed E-state index contributed by atoms with van der Waals surface area (Å²) in [7, 11) is -2.14. The number of anilines is 1. The Kier molecular flexibility index (Phi) is 5.05. The van der Waals surface area contributed by atoms with Crippen LogP contribution < -0.4 is 5.73 Å². The SMILES string of the molecule is Cn1cnc(S(=O)(=O)N2CCCCC2c2nc(N)ncc2-c2ccccc2F)c1. The van der Waals surface area contributed by atoms with E-state index in [2.05, 4.69) is 15.0 Å². The van der Waals surface area contributed by atoms with Gasteiger partial charge in [-0.3, -0.25) is 0 Å². The lowest BCUT2D eigenvalue weighted by Gasteiger charge is -2.34. The number of halogens is 1. The van der Waals surface area contributed by atoms with Gasteiger partial charge >= 0.3 is 0 Å². The van der Waals surface area contributed by atoms with Crippen LogP contribution in [0.2, 0.25) is 0 Å². The van der Waals surface area contributed by atoms with Crippen molar-refractivity contribution in [2.24, 2.45) is 7.05 Å². The molecule has 0 spiro atoms. The van der Waals surface area contributed by atoms with Crippen molar-refractivity contribution < 1.29 is 12.8 Å². The molecule has 1 aliphatic rings. The number of aryl methyl sites for hydroxylation is 1. The molecule has 4 rings (SSSR count). The number of imidazole rings is 1. The monoisotopic (exact) mass is 416 g/mol. The van der Waals surface area contributed by atoms with Crippen LogP contribution in [0.4, 0.5) is 10.3 Å². The van der Waals surface area contributed by atoms with Crippen LogP contribution in [0.15, 0.2) is 48.0 Å². The summed E-state index contributed by atoms with van der Waals surface area (Å²) >= 11 is 0. The van der Waals surface area contributed by atoms with Gasteiger partial charge in [0.05, 0.1) is 18.1 Å². The Morgan fingerprint density at radius 2 is 1.97 bits per heavy atom. The third-order valence-electron chi connectivity index (χ3n) is 5.02. The van der Waals surface area contributed by atoms with Crippen LogP contribution in [0.3, 0.4) is 0 Å². The molecule has 1 aliphatic heterocycles. The van der Waals surface area contributed by atoms with E-state index in [9.17, 15) is 12.8 Å². The van der Waals surface area contributed by atoms with Gasteiger partial charge < -0.3 is 10.3 Å². The van der Waals surface area contributed by atoms with Crippen molar-refractivity contribution >= 4 is 16.0 Å². The van der Waals surface area contributed by atoms with E-state index in [1.165, 1.54) is 29.1 Å². The Bertz CT molecular complexity index is 1150. The summed E-state index contributed by atoms with van der Waals surface area (Å²) in [5.74, 6) is -0.419. The minimum atomic E-state index is -3.85. The first-order valence-corrected chi connectivity index (χ1v) is 10.7. The Balaban J connectivity index is 1.84. The largest absolute Gasteiger partial charge is 0.368 e. The highest BCUT2D eigenvalue weighted by Crippen LogP contribution is 2.39. The number of nitrogen functional groups attached to an aromatic ring is 1. The number of piperidine rings is 1. The number of hydrogen-bond acceptors (Lipinski definition) is 6. The molecule has 1 unspecified atom stereocenters. The van der Waals surface area contributed by atoms with Crippen LogP contribution in [-0.2, 0) is 17.1 Å². The molecule has 152 valence electrons. The maximum atomic E-state index is 14.5. The average molecular weight is 416 g/mol. The second-order valence-corrected chi connectivity index (χ2v) is 8.85. The van der Waals surface area contributed by atoms with Crippen LogP contribution in [0, 0.1) is 5.82 Å². The van der Waals surface area contributed by atoms with Crippen molar-refractivity contribution in [3.8, 4) is 11.1 Å². The zero-order valence-electron chi connectivity index (χ0n) is 15.9. The van der Waals surface area contributed by atoms with E-state index in [1.54, 1.807) is 29.8 Å². The van der Waals surface area contributed by atoms with Gasteiger partial charge in [-0.05, 0) is 18.9 Å². The number of benzene rings is 1. The van der Waals surface area contributed by atoms with Crippen molar-refractivity contribution in [3.63, 3.8) is 0 Å². The summed E-state index contributed by atoms with van der Waals surface area (Å²) in [5.41, 5.74) is 6.97. The lowest BCUT2D eigenvalue weighted by atomic mass is 9.95. The first-order chi connectivity index (χ1) is 13.9. The van der Waals surface area contributed by atoms with E-state index in [0.717, 1.165) is 12.8 Å². The molecular weight excluding hydrogens is 395 g/mol. The molecule has 2 aromatic heterocycles. The summed E-state index contributed by atoms with van der Waals surface area (Å²) in [5, 5.41) is -0.0265. The molecule has 3 heterocycles. The molecule has 1 atom stereocenters. The molecule has 1 fully saturated rings. The standard InChI is InChI=1S/C19H21FN6O2S/c1-25-11-17(23-12-25)29(27,28)26-9-5-4-8-16(26)18-14(10-22-19(21)24-18)13-6-2-3-7-15(13)20/h2-3,6-7,10-12,16H,4-5,8-9H2,1H3,(H2,21,22,24). The number of hydrogen-bond donors (Lipinski definition) is 1. The number of nitrogens with zero attached hydrogens (tertiary/aromatic N) is 5. The highest BCUT2D eigenvalue weighted by molar-refractivity contribution is 7.89. The molecule has 10 heteroatoms. The van der Waals surface area contributed by atoms with Crippen molar-refractivity contribution in [2.75, 3.05) is 12.3 Å². The van der Waals surface area contributed by atoms with Crippen molar-refractivity contribution in [3.05, 3.63) is 54.5 Å². The zero-order valence-corrected chi connectivity index (χ0v) is 16.7. The highest BCUT2D eigenvalue weighted by Gasteiger charge is 2.38. The molecule has 0 saturated carbocycles. The maximum absolute atomic E-state index is 14.5.